The molecule has 1 aliphatic rings. The van der Waals surface area contributed by atoms with Crippen LogP contribution in [0, 0.1) is 0 Å². The quantitative estimate of drug-likeness (QED) is 0.438. The minimum atomic E-state index is -0.917. The van der Waals surface area contributed by atoms with E-state index in [1.807, 2.05) is 0 Å². The third-order valence-corrected chi connectivity index (χ3v) is 9.76. The molecule has 0 N–H and O–H groups in total. The maximum absolute atomic E-state index is 4.35. The first-order valence-corrected chi connectivity index (χ1v) is 10.1. The molecule has 20 heavy (non-hydrogen) atoms. The first-order valence-electron chi connectivity index (χ1n) is 6.63. The molecular weight excluding hydrogens is 280 g/mol. The molecule has 118 valence electrons. The predicted molar refractivity (Wildman–Crippen MR) is 108 cm³/mol. The van der Waals surface area contributed by atoms with Crippen molar-refractivity contribution in [3.8, 4) is 0 Å². The van der Waals surface area contributed by atoms with Gasteiger partial charge in [-0.1, -0.05) is 21.2 Å². The summed E-state index contributed by atoms with van der Waals surface area (Å²) in [5, 5.41) is 0.960. The second-order valence-electron chi connectivity index (χ2n) is 7.20. The lowest BCUT2D eigenvalue weighted by molar-refractivity contribution is 0.249. The topological polar surface area (TPSA) is 6.48 Å². The molecule has 1 rings (SSSR count). The lowest BCUT2D eigenvalue weighted by Gasteiger charge is -2.53. The van der Waals surface area contributed by atoms with Crippen molar-refractivity contribution in [3.05, 3.63) is 12.2 Å². The molecule has 2 atom stereocenters. The van der Waals surface area contributed by atoms with E-state index in [9.17, 15) is 0 Å². The molecule has 2 unspecified atom stereocenters. The van der Waals surface area contributed by atoms with Gasteiger partial charge >= 0.3 is 0 Å². The molecule has 0 aromatic carbocycles. The molecule has 6 heteroatoms. The zero-order valence-corrected chi connectivity index (χ0v) is 15.2. The van der Waals surface area contributed by atoms with Crippen molar-refractivity contribution in [1.82, 2.24) is 9.56 Å². The fourth-order valence-electron chi connectivity index (χ4n) is 1.83. The Bertz CT molecular complexity index is 359. The van der Waals surface area contributed by atoms with Gasteiger partial charge in [0.05, 0.1) is 13.1 Å². The Hall–Kier alpha value is 0.650. The molecular formula is C14H36B2N2P2. The van der Waals surface area contributed by atoms with Gasteiger partial charge in [-0.25, -0.2) is 0 Å². The molecule has 0 bridgehead atoms. The Morgan fingerprint density at radius 2 is 1.10 bits per heavy atom. The van der Waals surface area contributed by atoms with Crippen LogP contribution in [0.5, 0.6) is 0 Å². The lowest BCUT2D eigenvalue weighted by atomic mass is 10.3. The Kier molecular flexibility index (Phi) is 5.03. The molecule has 0 saturated carbocycles. The number of hydrogen-bond donors (Lipinski definition) is 0. The minimum absolute atomic E-state index is 0.327. The van der Waals surface area contributed by atoms with E-state index < -0.39 is 14.6 Å². The minimum Gasteiger partial charge on any atom is -0.128 e. The molecule has 0 radical (unpaired) electrons. The number of hydrogen-bond acceptors (Lipinski definition) is 2. The second-order valence-corrected chi connectivity index (χ2v) is 12.9. The average molecular weight is 316 g/mol. The van der Waals surface area contributed by atoms with Crippen LogP contribution in [-0.2, 0) is 0 Å². The maximum Gasteiger partial charge on any atom is 0.147 e. The highest BCUT2D eigenvalue weighted by molar-refractivity contribution is 7.98. The van der Waals surface area contributed by atoms with Crippen LogP contribution in [0.4, 0.5) is 0 Å². The van der Waals surface area contributed by atoms with Crippen LogP contribution in [0.3, 0.4) is 0 Å². The fourth-order valence-corrected chi connectivity index (χ4v) is 5.50. The summed E-state index contributed by atoms with van der Waals surface area (Å²) in [6.07, 6.45) is 0. The maximum atomic E-state index is 4.35. The fraction of sp³-hybridized carbons (Fsp3) is 0.857. The van der Waals surface area contributed by atoms with E-state index in [2.05, 4.69) is 71.0 Å². The van der Waals surface area contributed by atoms with Gasteiger partial charge in [0.2, 0.25) is 0 Å². The van der Waals surface area contributed by atoms with Crippen LogP contribution in [0.2, 0.25) is 0 Å². The van der Waals surface area contributed by atoms with Gasteiger partial charge in [0.25, 0.3) is 0 Å². The Morgan fingerprint density at radius 3 is 1.30 bits per heavy atom. The summed E-state index contributed by atoms with van der Waals surface area (Å²) in [5.74, 6) is 0. The van der Waals surface area contributed by atoms with E-state index in [1.165, 1.54) is 5.57 Å². The van der Waals surface area contributed by atoms with Crippen molar-refractivity contribution in [2.45, 2.75) is 51.9 Å². The number of nitrogens with zero attached hydrogens (tertiary/aromatic N) is 2. The monoisotopic (exact) mass is 316 g/mol. The summed E-state index contributed by atoms with van der Waals surface area (Å²) >= 11 is 0. The normalized spacial score (nSPS) is 25.6. The number of hydrazine groups is 1. The van der Waals surface area contributed by atoms with Crippen molar-refractivity contribution in [3.63, 3.8) is 0 Å². The summed E-state index contributed by atoms with van der Waals surface area (Å²) in [6.45, 7) is 26.8. The van der Waals surface area contributed by atoms with Crippen LogP contribution in [0.25, 0.3) is 0 Å². The SMILES string of the molecule is [BH3-][P+](C)(N1CC(=C)CN1[P+]([BH3-])(C)C(C)(C)C)C(C)(C)C. The van der Waals surface area contributed by atoms with E-state index in [-0.39, 0.29) is 0 Å². The van der Waals surface area contributed by atoms with Crippen molar-refractivity contribution in [2.24, 2.45) is 0 Å². The van der Waals surface area contributed by atoms with Gasteiger partial charge in [-0.3, -0.25) is 0 Å². The van der Waals surface area contributed by atoms with E-state index in [0.717, 1.165) is 13.1 Å². The van der Waals surface area contributed by atoms with Crippen LogP contribution >= 0.6 is 14.6 Å². The van der Waals surface area contributed by atoms with Gasteiger partial charge < -0.3 is 0 Å². The van der Waals surface area contributed by atoms with Gasteiger partial charge in [-0.15, -0.1) is 9.56 Å². The molecule has 1 aliphatic heterocycles. The van der Waals surface area contributed by atoms with Crippen molar-refractivity contribution in [1.29, 1.82) is 0 Å². The van der Waals surface area contributed by atoms with E-state index in [1.54, 1.807) is 0 Å². The molecule has 2 nitrogen and oxygen atoms in total. The highest BCUT2D eigenvalue weighted by atomic mass is 31.2. The van der Waals surface area contributed by atoms with E-state index in [4.69, 9.17) is 0 Å². The predicted octanol–water partition coefficient (Wildman–Crippen LogP) is 2.36. The molecule has 1 heterocycles. The highest BCUT2D eigenvalue weighted by Crippen LogP contribution is 2.74. The summed E-state index contributed by atoms with van der Waals surface area (Å²) in [7, 11) is -1.18. The molecule has 0 amide bonds. The molecule has 0 aliphatic carbocycles. The third kappa shape index (κ3) is 3.19. The first kappa shape index (κ1) is 18.7. The first-order chi connectivity index (χ1) is 8.62. The molecule has 0 aromatic heterocycles. The van der Waals surface area contributed by atoms with Crippen molar-refractivity contribution >= 4 is 29.7 Å². The highest BCUT2D eigenvalue weighted by Gasteiger charge is 2.53. The second kappa shape index (κ2) is 5.38. The Balaban J connectivity index is 3.23. The van der Waals surface area contributed by atoms with Crippen molar-refractivity contribution in [2.75, 3.05) is 26.4 Å². The van der Waals surface area contributed by atoms with Gasteiger partial charge in [-0.2, -0.15) is 0 Å². The van der Waals surface area contributed by atoms with Crippen LogP contribution in [-0.4, -0.2) is 61.4 Å². The van der Waals surface area contributed by atoms with Crippen molar-refractivity contribution < 1.29 is 0 Å². The third-order valence-electron chi connectivity index (χ3n) is 3.63. The summed E-state index contributed by atoms with van der Waals surface area (Å²) in [5.41, 5.74) is 1.45. The van der Waals surface area contributed by atoms with E-state index >= 15 is 0 Å². The standard InChI is InChI=1S/C14H36B2N2P2/c1-12-10-17(19(8,15)13(2,3)4)18(11-12)20(9,16)14(5,6)7/h1,10-11H2,2-9,15-16H3. The number of rotatable bonds is 2. The largest absolute Gasteiger partial charge is 0.147 e. The molecule has 1 saturated heterocycles. The van der Waals surface area contributed by atoms with Gasteiger partial charge in [0.1, 0.15) is 15.1 Å². The van der Waals surface area contributed by atoms with E-state index in [0.29, 0.717) is 25.4 Å². The summed E-state index contributed by atoms with van der Waals surface area (Å²) in [4.78, 5) is 0. The molecule has 1 fully saturated rings. The Morgan fingerprint density at radius 1 is 0.850 bits per heavy atom. The average Bonchev–Trinajstić information content (AvgIpc) is 2.57. The van der Waals surface area contributed by atoms with Crippen LogP contribution < -0.4 is 0 Å². The summed E-state index contributed by atoms with van der Waals surface area (Å²) in [6, 6.07) is 0. The Labute approximate surface area is 130 Å². The lowest BCUT2D eigenvalue weighted by Crippen LogP contribution is -2.45. The van der Waals surface area contributed by atoms with Crippen LogP contribution in [0.1, 0.15) is 41.5 Å². The summed E-state index contributed by atoms with van der Waals surface area (Å²) < 4.78 is 5.78. The van der Waals surface area contributed by atoms with Gasteiger partial charge in [0, 0.05) is 23.6 Å². The zero-order chi connectivity index (χ0) is 16.1. The van der Waals surface area contributed by atoms with Gasteiger partial charge in [-0.05, 0) is 47.1 Å². The smallest absolute Gasteiger partial charge is 0.128 e. The molecule has 0 aromatic rings. The van der Waals surface area contributed by atoms with Crippen LogP contribution in [0.15, 0.2) is 12.2 Å². The zero-order valence-electron chi connectivity index (χ0n) is 13.4. The van der Waals surface area contributed by atoms with Gasteiger partial charge in [0.15, 0.2) is 0 Å². The molecule has 0 spiro atoms.